The summed E-state index contributed by atoms with van der Waals surface area (Å²) >= 11 is 0. The summed E-state index contributed by atoms with van der Waals surface area (Å²) < 4.78 is 5.31. The van der Waals surface area contributed by atoms with Gasteiger partial charge in [-0.2, -0.15) is 0 Å². The van der Waals surface area contributed by atoms with E-state index in [0.29, 0.717) is 18.6 Å². The lowest BCUT2D eigenvalue weighted by atomic mass is 10.0. The molecule has 0 bridgehead atoms. The third kappa shape index (κ3) is 5.04. The molecule has 0 N–H and O–H groups in total. The molecule has 0 aliphatic heterocycles. The van der Waals surface area contributed by atoms with Gasteiger partial charge in [0.25, 0.3) is 0 Å². The molecule has 0 fully saturated rings. The van der Waals surface area contributed by atoms with Crippen molar-refractivity contribution < 1.29 is 9.53 Å². The standard InChI is InChI=1S/C18H21NO2/c1-19(2)14-16-9-7-6-8-15(16)12-13-18(20)21-17-10-4-3-5-11-17/h3-11H,12-14H2,1-2H3. The number of aryl methyl sites for hydroxylation is 1. The lowest BCUT2D eigenvalue weighted by Crippen LogP contribution is -2.14. The van der Waals surface area contributed by atoms with E-state index in [1.54, 1.807) is 12.1 Å². The van der Waals surface area contributed by atoms with Gasteiger partial charge in [-0.05, 0) is 43.8 Å². The Bertz CT molecular complexity index is 579. The molecule has 3 heteroatoms. The van der Waals surface area contributed by atoms with Crippen molar-refractivity contribution in [1.82, 2.24) is 4.90 Å². The average molecular weight is 283 g/mol. The Morgan fingerprint density at radius 1 is 0.952 bits per heavy atom. The summed E-state index contributed by atoms with van der Waals surface area (Å²) in [5, 5.41) is 0. The molecule has 0 saturated heterocycles. The number of nitrogens with zero attached hydrogens (tertiary/aromatic N) is 1. The van der Waals surface area contributed by atoms with Crippen molar-refractivity contribution in [3.8, 4) is 5.75 Å². The van der Waals surface area contributed by atoms with Gasteiger partial charge in [0.15, 0.2) is 0 Å². The van der Waals surface area contributed by atoms with Crippen LogP contribution < -0.4 is 4.74 Å². The van der Waals surface area contributed by atoms with Crippen LogP contribution in [0.15, 0.2) is 54.6 Å². The molecule has 0 aromatic heterocycles. The second-order valence-electron chi connectivity index (χ2n) is 5.29. The van der Waals surface area contributed by atoms with Crippen LogP contribution in [0.5, 0.6) is 5.75 Å². The summed E-state index contributed by atoms with van der Waals surface area (Å²) in [7, 11) is 4.08. The van der Waals surface area contributed by atoms with E-state index < -0.39 is 0 Å². The van der Waals surface area contributed by atoms with Crippen molar-refractivity contribution in [3.05, 3.63) is 65.7 Å². The van der Waals surface area contributed by atoms with Gasteiger partial charge in [-0.25, -0.2) is 0 Å². The number of carbonyl (C=O) groups is 1. The van der Waals surface area contributed by atoms with Crippen molar-refractivity contribution in [2.45, 2.75) is 19.4 Å². The first kappa shape index (κ1) is 15.3. The Hall–Kier alpha value is -2.13. The van der Waals surface area contributed by atoms with Gasteiger partial charge in [0.2, 0.25) is 0 Å². The zero-order valence-corrected chi connectivity index (χ0v) is 12.6. The smallest absolute Gasteiger partial charge is 0.311 e. The molecule has 0 amide bonds. The molecule has 110 valence electrons. The summed E-state index contributed by atoms with van der Waals surface area (Å²) in [4.78, 5) is 14.0. The van der Waals surface area contributed by atoms with Gasteiger partial charge >= 0.3 is 5.97 Å². The fourth-order valence-corrected chi connectivity index (χ4v) is 2.20. The van der Waals surface area contributed by atoms with E-state index >= 15 is 0 Å². The van der Waals surface area contributed by atoms with E-state index in [-0.39, 0.29) is 5.97 Å². The number of esters is 1. The molecule has 0 spiro atoms. The van der Waals surface area contributed by atoms with Gasteiger partial charge < -0.3 is 9.64 Å². The number of carbonyl (C=O) groups excluding carboxylic acids is 1. The summed E-state index contributed by atoms with van der Waals surface area (Å²) in [6.45, 7) is 0.879. The van der Waals surface area contributed by atoms with Crippen LogP contribution >= 0.6 is 0 Å². The van der Waals surface area contributed by atoms with E-state index in [2.05, 4.69) is 17.0 Å². The molecule has 0 heterocycles. The molecule has 2 aromatic carbocycles. The molecule has 0 atom stereocenters. The highest BCUT2D eigenvalue weighted by molar-refractivity contribution is 5.72. The molecule has 2 rings (SSSR count). The zero-order valence-electron chi connectivity index (χ0n) is 12.6. The third-order valence-corrected chi connectivity index (χ3v) is 3.18. The first-order chi connectivity index (χ1) is 10.1. The Labute approximate surface area is 126 Å². The van der Waals surface area contributed by atoms with E-state index in [1.807, 2.05) is 44.4 Å². The molecule has 0 aliphatic rings. The van der Waals surface area contributed by atoms with E-state index in [9.17, 15) is 4.79 Å². The highest BCUT2D eigenvalue weighted by Gasteiger charge is 2.08. The third-order valence-electron chi connectivity index (χ3n) is 3.18. The maximum Gasteiger partial charge on any atom is 0.311 e. The second kappa shape index (κ2) is 7.60. The number of benzene rings is 2. The Kier molecular flexibility index (Phi) is 5.52. The first-order valence-electron chi connectivity index (χ1n) is 7.12. The summed E-state index contributed by atoms with van der Waals surface area (Å²) in [5.74, 6) is 0.407. The normalized spacial score (nSPS) is 10.6. The molecule has 0 aliphatic carbocycles. The zero-order chi connectivity index (χ0) is 15.1. The maximum atomic E-state index is 11.9. The SMILES string of the molecule is CN(C)Cc1ccccc1CCC(=O)Oc1ccccc1. The molecule has 21 heavy (non-hydrogen) atoms. The van der Waals surface area contributed by atoms with Gasteiger partial charge in [-0.1, -0.05) is 42.5 Å². The van der Waals surface area contributed by atoms with Crippen LogP contribution in [-0.2, 0) is 17.8 Å². The van der Waals surface area contributed by atoms with E-state index in [1.165, 1.54) is 11.1 Å². The number of ether oxygens (including phenoxy) is 1. The van der Waals surface area contributed by atoms with Crippen LogP contribution in [0.2, 0.25) is 0 Å². The fourth-order valence-electron chi connectivity index (χ4n) is 2.20. The minimum atomic E-state index is -0.194. The van der Waals surface area contributed by atoms with E-state index in [0.717, 1.165) is 6.54 Å². The average Bonchev–Trinajstić information content (AvgIpc) is 2.47. The highest BCUT2D eigenvalue weighted by atomic mass is 16.5. The lowest BCUT2D eigenvalue weighted by Gasteiger charge is -2.14. The van der Waals surface area contributed by atoms with Gasteiger partial charge in [0.1, 0.15) is 5.75 Å². The number of para-hydroxylation sites is 1. The Morgan fingerprint density at radius 2 is 1.57 bits per heavy atom. The quantitative estimate of drug-likeness (QED) is 0.602. The molecular formula is C18H21NO2. The number of hydrogen-bond acceptors (Lipinski definition) is 3. The minimum Gasteiger partial charge on any atom is -0.427 e. The van der Waals surface area contributed by atoms with Crippen LogP contribution in [0.25, 0.3) is 0 Å². The van der Waals surface area contributed by atoms with Gasteiger partial charge in [0, 0.05) is 13.0 Å². The van der Waals surface area contributed by atoms with Crippen molar-refractivity contribution in [3.63, 3.8) is 0 Å². The van der Waals surface area contributed by atoms with Crippen molar-refractivity contribution in [1.29, 1.82) is 0 Å². The lowest BCUT2D eigenvalue weighted by molar-refractivity contribution is -0.134. The maximum absolute atomic E-state index is 11.9. The second-order valence-corrected chi connectivity index (χ2v) is 5.29. The van der Waals surface area contributed by atoms with Crippen LogP contribution in [-0.4, -0.2) is 25.0 Å². The molecule has 2 aromatic rings. The molecule has 0 unspecified atom stereocenters. The molecule has 3 nitrogen and oxygen atoms in total. The van der Waals surface area contributed by atoms with Crippen molar-refractivity contribution in [2.24, 2.45) is 0 Å². The largest absolute Gasteiger partial charge is 0.427 e. The van der Waals surface area contributed by atoms with E-state index in [4.69, 9.17) is 4.74 Å². The summed E-state index contributed by atoms with van der Waals surface area (Å²) in [6.07, 6.45) is 1.09. The number of rotatable bonds is 6. The van der Waals surface area contributed by atoms with Crippen LogP contribution in [0.3, 0.4) is 0 Å². The Morgan fingerprint density at radius 3 is 2.24 bits per heavy atom. The monoisotopic (exact) mass is 283 g/mol. The Balaban J connectivity index is 1.92. The fraction of sp³-hybridized carbons (Fsp3) is 0.278. The summed E-state index contributed by atoms with van der Waals surface area (Å²) in [5.41, 5.74) is 2.46. The molecule has 0 saturated carbocycles. The predicted molar refractivity (Wildman–Crippen MR) is 84.2 cm³/mol. The topological polar surface area (TPSA) is 29.5 Å². The molecular weight excluding hydrogens is 262 g/mol. The predicted octanol–water partition coefficient (Wildman–Crippen LogP) is 3.29. The number of hydrogen-bond donors (Lipinski definition) is 0. The van der Waals surface area contributed by atoms with Gasteiger partial charge in [0.05, 0.1) is 0 Å². The van der Waals surface area contributed by atoms with Gasteiger partial charge in [-0.15, -0.1) is 0 Å². The van der Waals surface area contributed by atoms with Crippen LogP contribution in [0, 0.1) is 0 Å². The van der Waals surface area contributed by atoms with Crippen LogP contribution in [0.4, 0.5) is 0 Å². The van der Waals surface area contributed by atoms with Crippen LogP contribution in [0.1, 0.15) is 17.5 Å². The molecule has 0 radical (unpaired) electrons. The van der Waals surface area contributed by atoms with Crippen molar-refractivity contribution in [2.75, 3.05) is 14.1 Å². The van der Waals surface area contributed by atoms with Gasteiger partial charge in [-0.3, -0.25) is 4.79 Å². The first-order valence-corrected chi connectivity index (χ1v) is 7.12. The van der Waals surface area contributed by atoms with Crippen molar-refractivity contribution >= 4 is 5.97 Å². The minimum absolute atomic E-state index is 0.194. The summed E-state index contributed by atoms with van der Waals surface area (Å²) in [6, 6.07) is 17.4. The highest BCUT2D eigenvalue weighted by Crippen LogP contribution is 2.14.